The Morgan fingerprint density at radius 3 is 2.40 bits per heavy atom. The van der Waals surface area contributed by atoms with Crippen LogP contribution in [0.4, 0.5) is 13.2 Å². The quantitative estimate of drug-likeness (QED) is 0.607. The lowest BCUT2D eigenvalue weighted by molar-refractivity contribution is -0.203. The van der Waals surface area contributed by atoms with Gasteiger partial charge in [0.05, 0.1) is 14.2 Å². The first-order chi connectivity index (χ1) is 14.3. The molecule has 0 bridgehead atoms. The Morgan fingerprint density at radius 2 is 1.77 bits per heavy atom. The number of alkyl halides is 3. The number of hydrogen-bond donors (Lipinski definition) is 1. The largest absolute Gasteiger partial charge is 0.497 e. The molecule has 1 aliphatic rings. The molecule has 3 rings (SSSR count). The third-order valence-electron chi connectivity index (χ3n) is 5.57. The summed E-state index contributed by atoms with van der Waals surface area (Å²) in [4.78, 5) is 0. The van der Waals surface area contributed by atoms with E-state index in [0.29, 0.717) is 17.1 Å². The SMILES string of the molecule is COC1=C(c2ccccc2)CC(CNC(C)c2cccc(OC)c2)(C(F)(F)F)C=C1. The monoisotopic (exact) mass is 417 g/mol. The Labute approximate surface area is 175 Å². The first-order valence-corrected chi connectivity index (χ1v) is 9.75. The summed E-state index contributed by atoms with van der Waals surface area (Å²) < 4.78 is 53.5. The molecule has 2 atom stereocenters. The van der Waals surface area contributed by atoms with Gasteiger partial charge in [-0.3, -0.25) is 0 Å². The molecule has 2 aromatic rings. The molecule has 0 saturated carbocycles. The summed E-state index contributed by atoms with van der Waals surface area (Å²) in [7, 11) is 3.04. The minimum atomic E-state index is -4.43. The molecular formula is C24H26F3NO2. The van der Waals surface area contributed by atoms with E-state index in [2.05, 4.69) is 5.32 Å². The van der Waals surface area contributed by atoms with Crippen LogP contribution in [-0.2, 0) is 4.74 Å². The van der Waals surface area contributed by atoms with E-state index in [9.17, 15) is 13.2 Å². The van der Waals surface area contributed by atoms with E-state index in [1.807, 2.05) is 43.3 Å². The molecule has 0 radical (unpaired) electrons. The molecule has 0 aliphatic heterocycles. The number of ether oxygens (including phenoxy) is 2. The first kappa shape index (κ1) is 22.0. The van der Waals surface area contributed by atoms with Gasteiger partial charge in [0.1, 0.15) is 16.9 Å². The maximum atomic E-state index is 14.3. The van der Waals surface area contributed by atoms with Crippen molar-refractivity contribution in [3.8, 4) is 5.75 Å². The van der Waals surface area contributed by atoms with Crippen molar-refractivity contribution in [2.45, 2.75) is 25.6 Å². The van der Waals surface area contributed by atoms with Gasteiger partial charge in [-0.15, -0.1) is 0 Å². The molecule has 0 aromatic heterocycles. The average molecular weight is 417 g/mol. The predicted octanol–water partition coefficient (Wildman–Crippen LogP) is 5.91. The highest BCUT2D eigenvalue weighted by Crippen LogP contribution is 2.49. The maximum absolute atomic E-state index is 14.3. The van der Waals surface area contributed by atoms with Crippen molar-refractivity contribution >= 4 is 5.57 Å². The third kappa shape index (κ3) is 4.54. The zero-order valence-electron chi connectivity index (χ0n) is 17.3. The molecule has 6 heteroatoms. The lowest BCUT2D eigenvalue weighted by Crippen LogP contribution is -2.46. The van der Waals surface area contributed by atoms with Crippen molar-refractivity contribution in [3.63, 3.8) is 0 Å². The van der Waals surface area contributed by atoms with Crippen LogP contribution in [0.5, 0.6) is 5.75 Å². The minimum absolute atomic E-state index is 0.196. The van der Waals surface area contributed by atoms with E-state index in [1.165, 1.54) is 19.3 Å². The van der Waals surface area contributed by atoms with Crippen LogP contribution in [-0.4, -0.2) is 26.9 Å². The number of nitrogens with one attached hydrogen (secondary N) is 1. The molecular weight excluding hydrogens is 391 g/mol. The number of allylic oxidation sites excluding steroid dienone is 2. The van der Waals surface area contributed by atoms with Crippen molar-refractivity contribution in [3.05, 3.63) is 83.6 Å². The highest BCUT2D eigenvalue weighted by molar-refractivity contribution is 5.72. The highest BCUT2D eigenvalue weighted by atomic mass is 19.4. The summed E-state index contributed by atoms with van der Waals surface area (Å²) in [5.41, 5.74) is 0.109. The Balaban J connectivity index is 1.87. The van der Waals surface area contributed by atoms with Crippen LogP contribution in [0, 0.1) is 5.41 Å². The van der Waals surface area contributed by atoms with Gasteiger partial charge in [-0.2, -0.15) is 13.2 Å². The van der Waals surface area contributed by atoms with Crippen molar-refractivity contribution in [1.29, 1.82) is 0 Å². The van der Waals surface area contributed by atoms with Crippen molar-refractivity contribution in [1.82, 2.24) is 5.32 Å². The fourth-order valence-corrected chi connectivity index (χ4v) is 3.65. The van der Waals surface area contributed by atoms with Crippen molar-refractivity contribution in [2.75, 3.05) is 20.8 Å². The molecule has 1 N–H and O–H groups in total. The normalized spacial score (nSPS) is 20.2. The summed E-state index contributed by atoms with van der Waals surface area (Å²) in [5, 5.41) is 3.08. The second kappa shape index (κ2) is 8.96. The molecule has 2 unspecified atom stereocenters. The molecule has 2 aromatic carbocycles. The lowest BCUT2D eigenvalue weighted by atomic mass is 9.75. The van der Waals surface area contributed by atoms with Crippen LogP contribution >= 0.6 is 0 Å². The smallest absolute Gasteiger partial charge is 0.399 e. The van der Waals surface area contributed by atoms with Gasteiger partial charge in [-0.1, -0.05) is 48.5 Å². The van der Waals surface area contributed by atoms with Gasteiger partial charge in [0.25, 0.3) is 0 Å². The van der Waals surface area contributed by atoms with Gasteiger partial charge >= 0.3 is 6.18 Å². The van der Waals surface area contributed by atoms with E-state index >= 15 is 0 Å². The number of rotatable bonds is 7. The molecule has 0 heterocycles. The second-order valence-electron chi connectivity index (χ2n) is 7.46. The Hall–Kier alpha value is -2.73. The van der Waals surface area contributed by atoms with Crippen LogP contribution in [0.2, 0.25) is 0 Å². The van der Waals surface area contributed by atoms with E-state index in [1.54, 1.807) is 25.3 Å². The summed E-state index contributed by atoms with van der Waals surface area (Å²) >= 11 is 0. The summed E-state index contributed by atoms with van der Waals surface area (Å²) in [6.45, 7) is 1.60. The van der Waals surface area contributed by atoms with Crippen LogP contribution in [0.15, 0.2) is 72.5 Å². The Morgan fingerprint density at radius 1 is 1.03 bits per heavy atom. The van der Waals surface area contributed by atoms with Crippen molar-refractivity contribution in [2.24, 2.45) is 5.41 Å². The molecule has 0 spiro atoms. The number of methoxy groups -OCH3 is 2. The molecule has 0 amide bonds. The average Bonchev–Trinajstić information content (AvgIpc) is 2.77. The molecule has 30 heavy (non-hydrogen) atoms. The molecule has 1 aliphatic carbocycles. The summed E-state index contributed by atoms with van der Waals surface area (Å²) in [5.74, 6) is 1.13. The van der Waals surface area contributed by atoms with Crippen LogP contribution in [0.3, 0.4) is 0 Å². The molecule has 0 fully saturated rings. The van der Waals surface area contributed by atoms with Gasteiger partial charge in [0, 0.05) is 18.2 Å². The van der Waals surface area contributed by atoms with Gasteiger partial charge in [0.2, 0.25) is 0 Å². The van der Waals surface area contributed by atoms with Gasteiger partial charge < -0.3 is 14.8 Å². The minimum Gasteiger partial charge on any atom is -0.497 e. The number of hydrogen-bond acceptors (Lipinski definition) is 3. The molecule has 3 nitrogen and oxygen atoms in total. The van der Waals surface area contributed by atoms with E-state index in [-0.39, 0.29) is 19.0 Å². The Bertz CT molecular complexity index is 922. The van der Waals surface area contributed by atoms with Gasteiger partial charge in [0.15, 0.2) is 0 Å². The Kier molecular flexibility index (Phi) is 6.56. The summed E-state index contributed by atoms with van der Waals surface area (Å²) in [6.07, 6.45) is -1.96. The second-order valence-corrected chi connectivity index (χ2v) is 7.46. The topological polar surface area (TPSA) is 30.5 Å². The third-order valence-corrected chi connectivity index (χ3v) is 5.57. The summed E-state index contributed by atoms with van der Waals surface area (Å²) in [6, 6.07) is 16.1. The van der Waals surface area contributed by atoms with Crippen molar-refractivity contribution < 1.29 is 22.6 Å². The van der Waals surface area contributed by atoms with E-state index in [0.717, 1.165) is 11.1 Å². The first-order valence-electron chi connectivity index (χ1n) is 9.75. The highest BCUT2D eigenvalue weighted by Gasteiger charge is 2.54. The van der Waals surface area contributed by atoms with E-state index < -0.39 is 11.6 Å². The van der Waals surface area contributed by atoms with Crippen LogP contribution < -0.4 is 10.1 Å². The predicted molar refractivity (Wildman–Crippen MR) is 112 cm³/mol. The zero-order valence-corrected chi connectivity index (χ0v) is 17.3. The van der Waals surface area contributed by atoms with Gasteiger partial charge in [-0.05, 0) is 42.7 Å². The number of benzene rings is 2. The number of halogens is 3. The van der Waals surface area contributed by atoms with Crippen LogP contribution in [0.1, 0.15) is 30.5 Å². The van der Waals surface area contributed by atoms with Crippen LogP contribution in [0.25, 0.3) is 5.57 Å². The fourth-order valence-electron chi connectivity index (χ4n) is 3.65. The fraction of sp³-hybridized carbons (Fsp3) is 0.333. The standard InChI is InChI=1S/C24H26F3NO2/c1-17(19-10-7-11-20(14-19)29-2)28-16-23(24(25,26)27)13-12-22(30-3)21(15-23)18-8-5-4-6-9-18/h4-14,17,28H,15-16H2,1-3H3. The maximum Gasteiger partial charge on any atom is 0.399 e. The van der Waals surface area contributed by atoms with Gasteiger partial charge in [-0.25, -0.2) is 0 Å². The molecule has 160 valence electrons. The zero-order chi connectivity index (χ0) is 21.8. The molecule has 0 saturated heterocycles. The van der Waals surface area contributed by atoms with E-state index in [4.69, 9.17) is 9.47 Å². The lowest BCUT2D eigenvalue weighted by Gasteiger charge is -2.37.